The third-order valence-electron chi connectivity index (χ3n) is 3.28. The number of H-pyrrole nitrogens is 1. The van der Waals surface area contributed by atoms with Crippen molar-refractivity contribution in [3.63, 3.8) is 0 Å². The number of amides is 1. The molecular weight excluding hydrogens is 268 g/mol. The van der Waals surface area contributed by atoms with Crippen LogP contribution in [0.5, 0.6) is 0 Å². The Kier molecular flexibility index (Phi) is 5.08. The van der Waals surface area contributed by atoms with Crippen LogP contribution < -0.4 is 4.90 Å². The number of carbonyl (C=O) groups excluding carboxylic acids is 1. The van der Waals surface area contributed by atoms with Crippen molar-refractivity contribution in [2.45, 2.75) is 26.7 Å². The highest BCUT2D eigenvalue weighted by Gasteiger charge is 2.17. The third-order valence-corrected chi connectivity index (χ3v) is 3.28. The highest BCUT2D eigenvalue weighted by molar-refractivity contribution is 5.87. The smallest absolute Gasteiger partial charge is 0.242 e. The maximum absolute atomic E-state index is 12.4. The molecular formula is C14H22N6O. The number of likely N-dealkylation sites (N-methyl/N-ethyl adjacent to an activating group) is 1. The normalized spacial score (nSPS) is 10.8. The second kappa shape index (κ2) is 7.01. The molecule has 0 aliphatic heterocycles. The van der Waals surface area contributed by atoms with Crippen LogP contribution in [0.3, 0.4) is 0 Å². The van der Waals surface area contributed by atoms with Gasteiger partial charge < -0.3 is 14.8 Å². The molecule has 1 N–H and O–H groups in total. The van der Waals surface area contributed by atoms with E-state index in [-0.39, 0.29) is 5.91 Å². The average Bonchev–Trinajstić information content (AvgIpc) is 2.95. The topological polar surface area (TPSA) is 78.0 Å². The molecule has 0 aromatic carbocycles. The molecule has 0 fully saturated rings. The zero-order valence-corrected chi connectivity index (χ0v) is 12.8. The summed E-state index contributed by atoms with van der Waals surface area (Å²) < 4.78 is 0. The number of rotatable bonds is 7. The van der Waals surface area contributed by atoms with E-state index in [4.69, 9.17) is 0 Å². The number of nitrogens with zero attached hydrogens (tertiary/aromatic N) is 5. The molecule has 0 saturated carbocycles. The fraction of sp³-hybridized carbons (Fsp3) is 0.571. The Bertz CT molecular complexity index is 590. The molecule has 7 heteroatoms. The van der Waals surface area contributed by atoms with Crippen molar-refractivity contribution in [3.8, 4) is 0 Å². The molecule has 2 aromatic heterocycles. The van der Waals surface area contributed by atoms with Crippen LogP contribution >= 0.6 is 0 Å². The Hall–Kier alpha value is -2.18. The van der Waals surface area contributed by atoms with Crippen molar-refractivity contribution in [1.82, 2.24) is 24.8 Å². The van der Waals surface area contributed by atoms with E-state index >= 15 is 0 Å². The quantitative estimate of drug-likeness (QED) is 0.834. The summed E-state index contributed by atoms with van der Waals surface area (Å²) in [6.07, 6.45) is 4.98. The van der Waals surface area contributed by atoms with Gasteiger partial charge in [-0.3, -0.25) is 4.79 Å². The number of hydrogen-bond acceptors (Lipinski definition) is 5. The number of hydrogen-bond donors (Lipinski definition) is 1. The van der Waals surface area contributed by atoms with Gasteiger partial charge in [-0.25, -0.2) is 15.0 Å². The van der Waals surface area contributed by atoms with Gasteiger partial charge in [0.15, 0.2) is 11.5 Å². The van der Waals surface area contributed by atoms with E-state index in [0.29, 0.717) is 18.0 Å². The van der Waals surface area contributed by atoms with E-state index in [2.05, 4.69) is 33.8 Å². The van der Waals surface area contributed by atoms with Gasteiger partial charge in [0.2, 0.25) is 5.91 Å². The van der Waals surface area contributed by atoms with Crippen molar-refractivity contribution in [2.75, 3.05) is 31.6 Å². The maximum atomic E-state index is 12.4. The summed E-state index contributed by atoms with van der Waals surface area (Å²) in [6.45, 7) is 6.05. The average molecular weight is 290 g/mol. The summed E-state index contributed by atoms with van der Waals surface area (Å²) in [5, 5.41) is 0. The lowest BCUT2D eigenvalue weighted by Crippen LogP contribution is -2.40. The molecule has 0 aliphatic carbocycles. The summed E-state index contributed by atoms with van der Waals surface area (Å²) in [4.78, 5) is 31.6. The lowest BCUT2D eigenvalue weighted by atomic mass is 10.3. The Balaban J connectivity index is 2.11. The number of fused-ring (bicyclic) bond motifs is 1. The van der Waals surface area contributed by atoms with Gasteiger partial charge in [-0.15, -0.1) is 0 Å². The molecule has 2 aromatic rings. The Morgan fingerprint density at radius 2 is 1.90 bits per heavy atom. The van der Waals surface area contributed by atoms with Crippen LogP contribution in [0.25, 0.3) is 11.2 Å². The minimum atomic E-state index is 0.118. The molecule has 0 unspecified atom stereocenters. The molecule has 2 heterocycles. The first-order valence-electron chi connectivity index (χ1n) is 7.30. The van der Waals surface area contributed by atoms with Crippen LogP contribution in [0.4, 0.5) is 5.82 Å². The zero-order chi connectivity index (χ0) is 15.2. The van der Waals surface area contributed by atoms with Crippen molar-refractivity contribution in [2.24, 2.45) is 0 Å². The summed E-state index contributed by atoms with van der Waals surface area (Å²) in [5.41, 5.74) is 1.36. The molecule has 7 nitrogen and oxygen atoms in total. The van der Waals surface area contributed by atoms with E-state index in [1.54, 1.807) is 6.33 Å². The molecule has 114 valence electrons. The van der Waals surface area contributed by atoms with Gasteiger partial charge in [-0.2, -0.15) is 0 Å². The number of carbonyl (C=O) groups is 1. The summed E-state index contributed by atoms with van der Waals surface area (Å²) in [5.74, 6) is 0.811. The van der Waals surface area contributed by atoms with Crippen LogP contribution in [0, 0.1) is 0 Å². The fourth-order valence-corrected chi connectivity index (χ4v) is 2.32. The molecule has 0 radical (unpaired) electrons. The van der Waals surface area contributed by atoms with E-state index in [1.807, 2.05) is 16.8 Å². The highest BCUT2D eigenvalue weighted by atomic mass is 16.2. The summed E-state index contributed by atoms with van der Waals surface area (Å²) >= 11 is 0. The molecule has 0 atom stereocenters. The van der Waals surface area contributed by atoms with Gasteiger partial charge in [0, 0.05) is 20.1 Å². The van der Waals surface area contributed by atoms with Crippen LogP contribution in [-0.4, -0.2) is 57.4 Å². The molecule has 21 heavy (non-hydrogen) atoms. The van der Waals surface area contributed by atoms with Gasteiger partial charge in [0.1, 0.15) is 11.8 Å². The third kappa shape index (κ3) is 3.48. The first kappa shape index (κ1) is 15.2. The first-order valence-corrected chi connectivity index (χ1v) is 7.30. The number of anilines is 1. The maximum Gasteiger partial charge on any atom is 0.242 e. The van der Waals surface area contributed by atoms with Crippen molar-refractivity contribution in [3.05, 3.63) is 12.7 Å². The number of aromatic nitrogens is 4. The monoisotopic (exact) mass is 290 g/mol. The van der Waals surface area contributed by atoms with Gasteiger partial charge in [-0.1, -0.05) is 13.8 Å². The van der Waals surface area contributed by atoms with Gasteiger partial charge in [-0.05, 0) is 12.8 Å². The van der Waals surface area contributed by atoms with E-state index in [0.717, 1.165) is 31.4 Å². The molecule has 0 bridgehead atoms. The van der Waals surface area contributed by atoms with Crippen molar-refractivity contribution in [1.29, 1.82) is 0 Å². The highest BCUT2D eigenvalue weighted by Crippen LogP contribution is 2.18. The second-order valence-electron chi connectivity index (χ2n) is 5.04. The van der Waals surface area contributed by atoms with Crippen LogP contribution in [0.2, 0.25) is 0 Å². The largest absolute Gasteiger partial charge is 0.348 e. The standard InChI is InChI=1S/C14H22N6O/c1-4-6-20(7-5-2)11(21)8-19(3)14-12-13(16-9-15-12)17-10-18-14/h9-10H,4-8H2,1-3H3,(H,15,16,17,18). The van der Waals surface area contributed by atoms with Crippen molar-refractivity contribution < 1.29 is 4.79 Å². The van der Waals surface area contributed by atoms with Crippen LogP contribution in [0.15, 0.2) is 12.7 Å². The summed E-state index contributed by atoms with van der Waals surface area (Å²) in [6, 6.07) is 0. The first-order chi connectivity index (χ1) is 10.2. The fourth-order valence-electron chi connectivity index (χ4n) is 2.32. The number of nitrogens with one attached hydrogen (secondary N) is 1. The minimum Gasteiger partial charge on any atom is -0.348 e. The minimum absolute atomic E-state index is 0.118. The lowest BCUT2D eigenvalue weighted by Gasteiger charge is -2.25. The predicted octanol–water partition coefficient (Wildman–Crippen LogP) is 1.44. The van der Waals surface area contributed by atoms with Gasteiger partial charge >= 0.3 is 0 Å². The molecule has 0 spiro atoms. The lowest BCUT2D eigenvalue weighted by molar-refractivity contribution is -0.129. The Morgan fingerprint density at radius 1 is 1.19 bits per heavy atom. The van der Waals surface area contributed by atoms with E-state index in [1.165, 1.54) is 6.33 Å². The van der Waals surface area contributed by atoms with E-state index in [9.17, 15) is 4.79 Å². The van der Waals surface area contributed by atoms with Crippen LogP contribution in [-0.2, 0) is 4.79 Å². The Labute approximate surface area is 124 Å². The molecule has 2 rings (SSSR count). The Morgan fingerprint density at radius 3 is 2.57 bits per heavy atom. The van der Waals surface area contributed by atoms with Crippen molar-refractivity contribution >= 4 is 22.9 Å². The predicted molar refractivity (Wildman–Crippen MR) is 82.1 cm³/mol. The SMILES string of the molecule is CCCN(CCC)C(=O)CN(C)c1ncnc2nc[nH]c12. The zero-order valence-electron chi connectivity index (χ0n) is 12.8. The van der Waals surface area contributed by atoms with E-state index < -0.39 is 0 Å². The summed E-state index contributed by atoms with van der Waals surface area (Å²) in [7, 11) is 1.86. The van der Waals surface area contributed by atoms with Gasteiger partial charge in [0.05, 0.1) is 12.9 Å². The van der Waals surface area contributed by atoms with Crippen LogP contribution in [0.1, 0.15) is 26.7 Å². The molecule has 0 saturated heterocycles. The van der Waals surface area contributed by atoms with Gasteiger partial charge in [0.25, 0.3) is 0 Å². The molecule has 0 aliphatic rings. The number of aromatic amines is 1. The second-order valence-corrected chi connectivity index (χ2v) is 5.04. The number of imidazole rings is 1. The molecule has 1 amide bonds.